The van der Waals surface area contributed by atoms with Gasteiger partial charge >= 0.3 is 0 Å². The van der Waals surface area contributed by atoms with Crippen LogP contribution in [0.3, 0.4) is 0 Å². The Kier molecular flexibility index (Phi) is 43.0. The number of unbranched alkanes of at least 4 members (excludes halogenated alkanes) is 30. The van der Waals surface area contributed by atoms with Gasteiger partial charge in [-0.15, -0.1) is 0 Å². The van der Waals surface area contributed by atoms with Crippen molar-refractivity contribution in [3.05, 3.63) is 0 Å². The first-order valence-corrected chi connectivity index (χ1v) is 28.0. The molecule has 1 rings (SSSR count). The molecule has 60 heavy (non-hydrogen) atoms. The Balaban J connectivity index is 2.74. The maximum absolute atomic E-state index is 14.0. The van der Waals surface area contributed by atoms with Crippen LogP contribution < -0.4 is 0 Å². The zero-order chi connectivity index (χ0) is 43.4. The second-order valence-corrected chi connectivity index (χ2v) is 19.8. The molecule has 1 fully saturated rings. The molecule has 5 heteroatoms. The molecule has 0 spiro atoms. The molecule has 1 aliphatic rings. The quantitative estimate of drug-likeness (QED) is 0.0571. The van der Waals surface area contributed by atoms with Crippen LogP contribution in [0.4, 0.5) is 0 Å². The van der Waals surface area contributed by atoms with Crippen molar-refractivity contribution in [2.75, 3.05) is 72.0 Å². The number of amides is 1. The summed E-state index contributed by atoms with van der Waals surface area (Å²) >= 11 is 0. The van der Waals surface area contributed by atoms with Gasteiger partial charge in [-0.25, -0.2) is 0 Å². The molecule has 0 aromatic carbocycles. The molecular weight excluding hydrogens is 733 g/mol. The van der Waals surface area contributed by atoms with Crippen molar-refractivity contribution in [3.8, 4) is 0 Å². The molecule has 1 unspecified atom stereocenters. The van der Waals surface area contributed by atoms with Crippen molar-refractivity contribution in [3.63, 3.8) is 0 Å². The van der Waals surface area contributed by atoms with Crippen LogP contribution in [-0.4, -0.2) is 97.5 Å². The fraction of sp³-hybridized carbons (Fsp3) is 0.982. The van der Waals surface area contributed by atoms with Gasteiger partial charge in [0.05, 0.1) is 6.54 Å². The number of carbonyl (C=O) groups excluding carboxylic acids is 1. The van der Waals surface area contributed by atoms with Crippen LogP contribution in [0.25, 0.3) is 0 Å². The highest BCUT2D eigenvalue weighted by atomic mass is 16.2. The Hall–Kier alpha value is -0.650. The van der Waals surface area contributed by atoms with Gasteiger partial charge in [-0.1, -0.05) is 227 Å². The predicted molar refractivity (Wildman–Crippen MR) is 269 cm³/mol. The van der Waals surface area contributed by atoms with E-state index in [1.54, 1.807) is 0 Å². The second-order valence-electron chi connectivity index (χ2n) is 19.8. The number of carbonyl (C=O) groups is 1. The Labute approximate surface area is 379 Å². The number of nitrogens with zero attached hydrogens (tertiary/aromatic N) is 4. The van der Waals surface area contributed by atoms with E-state index in [1.165, 1.54) is 270 Å². The van der Waals surface area contributed by atoms with Gasteiger partial charge in [0.15, 0.2) is 0 Å². The maximum atomic E-state index is 14.0. The van der Waals surface area contributed by atoms with Crippen molar-refractivity contribution in [1.29, 1.82) is 0 Å². The standard InChI is InChI=1S/C55H112N4O/c1-6-11-16-21-26-31-36-43-56(44-37-32-27-22-17-12-7-2)48-41-54-42-49-59(52-54)55(60)53-58(47-40-35-30-25-20-15-10-5)51-50-57(45-38-33-28-23-18-13-8-3)46-39-34-29-24-19-14-9-4/h54H,6-53H2,1-5H3. The first-order chi connectivity index (χ1) is 29.6. The first kappa shape index (κ1) is 57.4. The smallest absolute Gasteiger partial charge is 0.236 e. The van der Waals surface area contributed by atoms with Crippen LogP contribution >= 0.6 is 0 Å². The molecule has 0 radical (unpaired) electrons. The van der Waals surface area contributed by atoms with E-state index in [0.717, 1.165) is 32.7 Å². The molecule has 0 N–H and O–H groups in total. The summed E-state index contributed by atoms with van der Waals surface area (Å²) in [4.78, 5) is 24.5. The third-order valence-electron chi connectivity index (χ3n) is 14.0. The van der Waals surface area contributed by atoms with Gasteiger partial charge < -0.3 is 14.7 Å². The lowest BCUT2D eigenvalue weighted by molar-refractivity contribution is -0.131. The summed E-state index contributed by atoms with van der Waals surface area (Å²) in [6, 6.07) is 0. The molecular formula is C55H112N4O. The lowest BCUT2D eigenvalue weighted by Gasteiger charge is -2.29. The molecule has 358 valence electrons. The van der Waals surface area contributed by atoms with Gasteiger partial charge in [0.25, 0.3) is 0 Å². The van der Waals surface area contributed by atoms with Crippen LogP contribution in [0.5, 0.6) is 0 Å². The Morgan fingerprint density at radius 3 is 1.00 bits per heavy atom. The molecule has 5 nitrogen and oxygen atoms in total. The minimum atomic E-state index is 0.411. The van der Waals surface area contributed by atoms with Crippen LogP contribution in [0.1, 0.15) is 272 Å². The molecule has 1 saturated heterocycles. The highest BCUT2D eigenvalue weighted by Gasteiger charge is 2.27. The lowest BCUT2D eigenvalue weighted by Crippen LogP contribution is -2.43. The Bertz CT molecular complexity index is 831. The Morgan fingerprint density at radius 2 is 0.650 bits per heavy atom. The van der Waals surface area contributed by atoms with Crippen molar-refractivity contribution < 1.29 is 4.79 Å². The third-order valence-corrected chi connectivity index (χ3v) is 14.0. The summed E-state index contributed by atoms with van der Waals surface area (Å²) in [5, 5.41) is 0. The lowest BCUT2D eigenvalue weighted by atomic mass is 10.0. The number of hydrogen-bond acceptors (Lipinski definition) is 4. The average molecular weight is 846 g/mol. The van der Waals surface area contributed by atoms with Crippen molar-refractivity contribution >= 4 is 5.91 Å². The van der Waals surface area contributed by atoms with E-state index in [1.807, 2.05) is 0 Å². The molecule has 1 heterocycles. The summed E-state index contributed by atoms with van der Waals surface area (Å²) < 4.78 is 0. The van der Waals surface area contributed by atoms with Crippen LogP contribution in [0, 0.1) is 5.92 Å². The van der Waals surface area contributed by atoms with Gasteiger partial charge in [-0.3, -0.25) is 9.69 Å². The normalized spacial score (nSPS) is 14.5. The highest BCUT2D eigenvalue weighted by molar-refractivity contribution is 5.78. The summed E-state index contributed by atoms with van der Waals surface area (Å²) in [6.07, 6.45) is 50.7. The van der Waals surface area contributed by atoms with Crippen molar-refractivity contribution in [1.82, 2.24) is 19.6 Å². The van der Waals surface area contributed by atoms with Gasteiger partial charge in [0, 0.05) is 26.2 Å². The number of hydrogen-bond donors (Lipinski definition) is 0. The van der Waals surface area contributed by atoms with E-state index in [4.69, 9.17) is 0 Å². The van der Waals surface area contributed by atoms with Crippen LogP contribution in [-0.2, 0) is 4.79 Å². The predicted octanol–water partition coefficient (Wildman–Crippen LogP) is 15.9. The molecule has 0 bridgehead atoms. The summed E-state index contributed by atoms with van der Waals surface area (Å²) in [5.41, 5.74) is 0. The van der Waals surface area contributed by atoms with Crippen LogP contribution in [0.2, 0.25) is 0 Å². The average Bonchev–Trinajstić information content (AvgIpc) is 3.74. The number of likely N-dealkylation sites (tertiary alicyclic amines) is 1. The summed E-state index contributed by atoms with van der Waals surface area (Å²) in [7, 11) is 0. The van der Waals surface area contributed by atoms with E-state index in [9.17, 15) is 4.79 Å². The molecule has 0 aromatic rings. The van der Waals surface area contributed by atoms with Crippen molar-refractivity contribution in [2.24, 2.45) is 5.92 Å². The molecule has 1 aliphatic heterocycles. The van der Waals surface area contributed by atoms with E-state index in [0.29, 0.717) is 18.4 Å². The highest BCUT2D eigenvalue weighted by Crippen LogP contribution is 2.22. The number of rotatable bonds is 48. The zero-order valence-electron chi connectivity index (χ0n) is 42.2. The largest absolute Gasteiger partial charge is 0.341 e. The monoisotopic (exact) mass is 845 g/mol. The fourth-order valence-corrected chi connectivity index (χ4v) is 9.64. The first-order valence-electron chi connectivity index (χ1n) is 28.0. The summed E-state index contributed by atoms with van der Waals surface area (Å²) in [5.74, 6) is 1.09. The van der Waals surface area contributed by atoms with E-state index in [-0.39, 0.29) is 0 Å². The molecule has 1 amide bonds. The zero-order valence-corrected chi connectivity index (χ0v) is 42.2. The van der Waals surface area contributed by atoms with Gasteiger partial charge in [-0.2, -0.15) is 0 Å². The topological polar surface area (TPSA) is 30.0 Å². The minimum Gasteiger partial charge on any atom is -0.341 e. The second kappa shape index (κ2) is 44.9. The van der Waals surface area contributed by atoms with Crippen LogP contribution in [0.15, 0.2) is 0 Å². The van der Waals surface area contributed by atoms with E-state index < -0.39 is 0 Å². The molecule has 0 aliphatic carbocycles. The minimum absolute atomic E-state index is 0.411. The summed E-state index contributed by atoms with van der Waals surface area (Å²) in [6.45, 7) is 23.7. The third kappa shape index (κ3) is 35.8. The van der Waals surface area contributed by atoms with Gasteiger partial charge in [0.2, 0.25) is 5.91 Å². The van der Waals surface area contributed by atoms with E-state index in [2.05, 4.69) is 54.2 Å². The van der Waals surface area contributed by atoms with E-state index >= 15 is 0 Å². The SMILES string of the molecule is CCCCCCCCCN(CCCCCCCCC)CCC1CCN(C(=O)CN(CCCCCCCCC)CCN(CCCCCCCCC)CCCCCCCCC)C1. The molecule has 0 aromatic heterocycles. The molecule has 1 atom stereocenters. The van der Waals surface area contributed by atoms with Crippen molar-refractivity contribution in [2.45, 2.75) is 272 Å². The molecule has 0 saturated carbocycles. The van der Waals surface area contributed by atoms with Gasteiger partial charge in [0.1, 0.15) is 0 Å². The fourth-order valence-electron chi connectivity index (χ4n) is 9.64. The maximum Gasteiger partial charge on any atom is 0.236 e. The Morgan fingerprint density at radius 1 is 0.367 bits per heavy atom. The van der Waals surface area contributed by atoms with Gasteiger partial charge in [-0.05, 0) is 90.1 Å².